The summed E-state index contributed by atoms with van der Waals surface area (Å²) < 4.78 is 37.7. The van der Waals surface area contributed by atoms with Gasteiger partial charge in [0.25, 0.3) is 0 Å². The van der Waals surface area contributed by atoms with Gasteiger partial charge in [0.2, 0.25) is 0 Å². The van der Waals surface area contributed by atoms with Crippen molar-refractivity contribution in [1.29, 1.82) is 0 Å². The maximum atomic E-state index is 12.6. The van der Waals surface area contributed by atoms with Crippen LogP contribution in [0, 0.1) is 5.92 Å². The quantitative estimate of drug-likeness (QED) is 0.858. The van der Waals surface area contributed by atoms with Crippen molar-refractivity contribution in [3.8, 4) is 0 Å². The third-order valence-corrected chi connectivity index (χ3v) is 4.83. The lowest BCUT2D eigenvalue weighted by Gasteiger charge is -2.38. The first-order valence-electron chi connectivity index (χ1n) is 7.47. The van der Waals surface area contributed by atoms with Crippen molar-refractivity contribution in [1.82, 2.24) is 4.90 Å². The highest BCUT2D eigenvalue weighted by atomic mass is 19.4. The lowest BCUT2D eigenvalue weighted by Crippen LogP contribution is -2.46. The van der Waals surface area contributed by atoms with E-state index in [1.807, 2.05) is 0 Å². The van der Waals surface area contributed by atoms with Gasteiger partial charge in [-0.2, -0.15) is 13.2 Å². The van der Waals surface area contributed by atoms with Crippen molar-refractivity contribution in [2.24, 2.45) is 11.7 Å². The largest absolute Gasteiger partial charge is 0.391 e. The van der Waals surface area contributed by atoms with Gasteiger partial charge in [-0.3, -0.25) is 0 Å². The Morgan fingerprint density at radius 1 is 1.05 bits per heavy atom. The topological polar surface area (TPSA) is 29.3 Å². The standard InChI is InChI=1S/C14H25F3N2/c15-14(16,17)12-4-9-19(10-5-12)11-8-13(18)6-2-1-3-7-13/h12H,1-11,18H2. The Labute approximate surface area is 113 Å². The SMILES string of the molecule is NC1(CCN2CCC(C(F)(F)F)CC2)CCCCC1. The molecule has 0 aromatic heterocycles. The fourth-order valence-electron chi connectivity index (χ4n) is 3.37. The van der Waals surface area contributed by atoms with Crippen LogP contribution in [0.3, 0.4) is 0 Å². The summed E-state index contributed by atoms with van der Waals surface area (Å²) in [5, 5.41) is 0. The van der Waals surface area contributed by atoms with Gasteiger partial charge in [0.1, 0.15) is 0 Å². The van der Waals surface area contributed by atoms with Crippen LogP contribution in [0.4, 0.5) is 13.2 Å². The third-order valence-electron chi connectivity index (χ3n) is 4.83. The van der Waals surface area contributed by atoms with E-state index in [2.05, 4.69) is 4.90 Å². The van der Waals surface area contributed by atoms with Crippen molar-refractivity contribution in [3.63, 3.8) is 0 Å². The summed E-state index contributed by atoms with van der Waals surface area (Å²) in [4.78, 5) is 2.16. The predicted molar refractivity (Wildman–Crippen MR) is 69.8 cm³/mol. The van der Waals surface area contributed by atoms with E-state index in [1.54, 1.807) is 0 Å². The van der Waals surface area contributed by atoms with Gasteiger partial charge in [-0.05, 0) is 51.7 Å². The Hall–Kier alpha value is -0.290. The van der Waals surface area contributed by atoms with E-state index in [-0.39, 0.29) is 18.4 Å². The Balaban J connectivity index is 1.71. The van der Waals surface area contributed by atoms with E-state index < -0.39 is 12.1 Å². The molecule has 112 valence electrons. The van der Waals surface area contributed by atoms with E-state index in [4.69, 9.17) is 5.73 Å². The van der Waals surface area contributed by atoms with Gasteiger partial charge in [-0.15, -0.1) is 0 Å². The second-order valence-corrected chi connectivity index (χ2v) is 6.33. The molecule has 1 saturated heterocycles. The second kappa shape index (κ2) is 6.00. The molecule has 1 aliphatic carbocycles. The van der Waals surface area contributed by atoms with Crippen molar-refractivity contribution >= 4 is 0 Å². The zero-order valence-electron chi connectivity index (χ0n) is 11.5. The summed E-state index contributed by atoms with van der Waals surface area (Å²) in [6.45, 7) is 2.00. The molecule has 0 atom stereocenters. The molecular formula is C14H25F3N2. The van der Waals surface area contributed by atoms with Crippen LogP contribution in [0.5, 0.6) is 0 Å². The molecule has 2 fully saturated rings. The number of piperidine rings is 1. The average Bonchev–Trinajstić information content (AvgIpc) is 2.37. The zero-order valence-corrected chi connectivity index (χ0v) is 11.5. The first-order chi connectivity index (χ1) is 8.89. The number of halogens is 3. The van der Waals surface area contributed by atoms with Gasteiger partial charge in [-0.25, -0.2) is 0 Å². The summed E-state index contributed by atoms with van der Waals surface area (Å²) in [5.74, 6) is -1.09. The van der Waals surface area contributed by atoms with Crippen molar-refractivity contribution in [2.45, 2.75) is 63.1 Å². The molecule has 0 spiro atoms. The van der Waals surface area contributed by atoms with Gasteiger partial charge in [0.05, 0.1) is 5.92 Å². The monoisotopic (exact) mass is 278 g/mol. The highest BCUT2D eigenvalue weighted by Crippen LogP contribution is 2.34. The Kier molecular flexibility index (Phi) is 4.77. The molecule has 5 heteroatoms. The summed E-state index contributed by atoms with van der Waals surface area (Å²) in [6.07, 6.45) is 3.25. The number of alkyl halides is 3. The van der Waals surface area contributed by atoms with Crippen LogP contribution in [-0.4, -0.2) is 36.2 Å². The average molecular weight is 278 g/mol. The van der Waals surface area contributed by atoms with E-state index in [1.165, 1.54) is 19.3 Å². The number of nitrogens with zero attached hydrogens (tertiary/aromatic N) is 1. The normalized spacial score (nSPS) is 26.5. The summed E-state index contributed by atoms with van der Waals surface area (Å²) >= 11 is 0. The molecule has 2 aliphatic rings. The molecule has 0 aromatic carbocycles. The lowest BCUT2D eigenvalue weighted by molar-refractivity contribution is -0.185. The fourth-order valence-corrected chi connectivity index (χ4v) is 3.37. The number of rotatable bonds is 3. The zero-order chi connectivity index (χ0) is 13.9. The minimum absolute atomic E-state index is 0.0564. The van der Waals surface area contributed by atoms with Gasteiger partial charge in [0.15, 0.2) is 0 Å². The molecule has 0 aromatic rings. The molecular weight excluding hydrogens is 253 g/mol. The molecule has 2 nitrogen and oxygen atoms in total. The van der Waals surface area contributed by atoms with Crippen LogP contribution >= 0.6 is 0 Å². The molecule has 2 N–H and O–H groups in total. The Morgan fingerprint density at radius 3 is 2.16 bits per heavy atom. The Morgan fingerprint density at radius 2 is 1.63 bits per heavy atom. The molecule has 1 aliphatic heterocycles. The molecule has 1 heterocycles. The first kappa shape index (κ1) is 15.1. The third kappa shape index (κ3) is 4.35. The first-order valence-corrected chi connectivity index (χ1v) is 7.47. The minimum atomic E-state index is -4.01. The number of likely N-dealkylation sites (tertiary alicyclic amines) is 1. The van der Waals surface area contributed by atoms with Crippen LogP contribution in [0.25, 0.3) is 0 Å². The van der Waals surface area contributed by atoms with Gasteiger partial charge < -0.3 is 10.6 Å². The number of hydrogen-bond donors (Lipinski definition) is 1. The molecule has 0 bridgehead atoms. The van der Waals surface area contributed by atoms with Crippen LogP contribution in [-0.2, 0) is 0 Å². The van der Waals surface area contributed by atoms with Crippen LogP contribution in [0.1, 0.15) is 51.4 Å². The number of nitrogens with two attached hydrogens (primary N) is 1. The highest BCUT2D eigenvalue weighted by molar-refractivity contribution is 4.88. The van der Waals surface area contributed by atoms with Gasteiger partial charge in [0, 0.05) is 5.54 Å². The van der Waals surface area contributed by atoms with E-state index in [0.717, 1.165) is 25.8 Å². The van der Waals surface area contributed by atoms with Crippen molar-refractivity contribution < 1.29 is 13.2 Å². The van der Waals surface area contributed by atoms with Gasteiger partial charge >= 0.3 is 6.18 Å². The fraction of sp³-hybridized carbons (Fsp3) is 1.00. The molecule has 1 saturated carbocycles. The Bertz CT molecular complexity index is 277. The van der Waals surface area contributed by atoms with Crippen LogP contribution in [0.2, 0.25) is 0 Å². The van der Waals surface area contributed by atoms with E-state index in [0.29, 0.717) is 13.1 Å². The summed E-state index contributed by atoms with van der Waals surface area (Å²) in [5.41, 5.74) is 6.31. The van der Waals surface area contributed by atoms with E-state index >= 15 is 0 Å². The van der Waals surface area contributed by atoms with Crippen LogP contribution < -0.4 is 5.73 Å². The minimum Gasteiger partial charge on any atom is -0.325 e. The van der Waals surface area contributed by atoms with Crippen LogP contribution in [0.15, 0.2) is 0 Å². The smallest absolute Gasteiger partial charge is 0.325 e. The molecule has 0 amide bonds. The predicted octanol–water partition coefficient (Wildman–Crippen LogP) is 3.31. The maximum absolute atomic E-state index is 12.6. The van der Waals surface area contributed by atoms with Crippen molar-refractivity contribution in [3.05, 3.63) is 0 Å². The number of hydrogen-bond acceptors (Lipinski definition) is 2. The summed E-state index contributed by atoms with van der Waals surface area (Å²) in [7, 11) is 0. The van der Waals surface area contributed by atoms with Crippen molar-refractivity contribution in [2.75, 3.05) is 19.6 Å². The molecule has 0 unspecified atom stereocenters. The molecule has 0 radical (unpaired) electrons. The molecule has 2 rings (SSSR count). The molecule has 19 heavy (non-hydrogen) atoms. The maximum Gasteiger partial charge on any atom is 0.391 e. The lowest BCUT2D eigenvalue weighted by atomic mass is 9.80. The van der Waals surface area contributed by atoms with E-state index in [9.17, 15) is 13.2 Å². The summed E-state index contributed by atoms with van der Waals surface area (Å²) in [6, 6.07) is 0. The highest BCUT2D eigenvalue weighted by Gasteiger charge is 2.41. The second-order valence-electron chi connectivity index (χ2n) is 6.33. The van der Waals surface area contributed by atoms with Gasteiger partial charge in [-0.1, -0.05) is 19.3 Å².